The van der Waals surface area contributed by atoms with E-state index in [9.17, 15) is 0 Å². The summed E-state index contributed by atoms with van der Waals surface area (Å²) in [4.78, 5) is 0. The Morgan fingerprint density at radius 1 is 1.47 bits per heavy atom. The monoisotopic (exact) mass is 276 g/mol. The Kier molecular flexibility index (Phi) is 2.96. The highest BCUT2D eigenvalue weighted by Crippen LogP contribution is 2.53. The Morgan fingerprint density at radius 3 is 3.00 bits per heavy atom. The zero-order valence-electron chi connectivity index (χ0n) is 11.1. The predicted molar refractivity (Wildman–Crippen MR) is 75.2 cm³/mol. The van der Waals surface area contributed by atoms with E-state index in [1.807, 2.05) is 6.07 Å². The highest BCUT2D eigenvalue weighted by Gasteiger charge is 2.59. The molecule has 2 fully saturated rings. The second-order valence-electron chi connectivity index (χ2n) is 5.99. The van der Waals surface area contributed by atoms with Crippen molar-refractivity contribution in [1.82, 2.24) is 0 Å². The average Bonchev–Trinajstić information content (AvgIpc) is 2.84. The molecule has 0 amide bonds. The van der Waals surface area contributed by atoms with Crippen molar-refractivity contribution in [3.63, 3.8) is 0 Å². The quantitative estimate of drug-likeness (QED) is 0.900. The van der Waals surface area contributed by atoms with E-state index >= 15 is 0 Å². The van der Waals surface area contributed by atoms with Crippen LogP contribution < -0.4 is 5.32 Å². The van der Waals surface area contributed by atoms with Crippen LogP contribution in [0.2, 0.25) is 5.02 Å². The summed E-state index contributed by atoms with van der Waals surface area (Å²) in [5.41, 5.74) is 1.58. The van der Waals surface area contributed by atoms with Crippen LogP contribution in [-0.2, 0) is 4.74 Å². The minimum Gasteiger partial charge on any atom is -0.380 e. The van der Waals surface area contributed by atoms with Gasteiger partial charge in [0.2, 0.25) is 0 Å². The van der Waals surface area contributed by atoms with E-state index in [1.165, 1.54) is 0 Å². The molecule has 0 spiro atoms. The van der Waals surface area contributed by atoms with Gasteiger partial charge in [0.25, 0.3) is 0 Å². The lowest BCUT2D eigenvalue weighted by atomic mass is 9.57. The molecule has 3 unspecified atom stereocenters. The lowest BCUT2D eigenvalue weighted by Crippen LogP contribution is -2.63. The number of nitriles is 1. The van der Waals surface area contributed by atoms with Crippen molar-refractivity contribution >= 4 is 17.3 Å². The first-order chi connectivity index (χ1) is 9.04. The molecule has 0 radical (unpaired) electrons. The smallest absolute Gasteiger partial charge is 0.0992 e. The lowest BCUT2D eigenvalue weighted by molar-refractivity contribution is -0.0923. The largest absolute Gasteiger partial charge is 0.380 e. The molecule has 4 heteroatoms. The molecule has 1 aliphatic carbocycles. The molecule has 1 aromatic rings. The average molecular weight is 277 g/mol. The first kappa shape index (κ1) is 12.8. The number of hydrogen-bond donors (Lipinski definition) is 1. The number of halogens is 1. The van der Waals surface area contributed by atoms with E-state index in [2.05, 4.69) is 25.2 Å². The van der Waals surface area contributed by atoms with Crippen LogP contribution in [0.3, 0.4) is 0 Å². The number of ether oxygens (including phenoxy) is 1. The van der Waals surface area contributed by atoms with Crippen LogP contribution in [-0.4, -0.2) is 18.8 Å². The molecule has 3 rings (SSSR count). The molecule has 3 atom stereocenters. The number of hydrogen-bond acceptors (Lipinski definition) is 3. The number of nitrogens with zero attached hydrogens (tertiary/aromatic N) is 1. The van der Waals surface area contributed by atoms with Gasteiger partial charge in [-0.1, -0.05) is 25.4 Å². The minimum absolute atomic E-state index is 0.104. The van der Waals surface area contributed by atoms with Crippen LogP contribution in [0, 0.1) is 22.7 Å². The molecule has 1 N–H and O–H groups in total. The summed E-state index contributed by atoms with van der Waals surface area (Å²) in [5, 5.41) is 13.2. The van der Waals surface area contributed by atoms with Crippen molar-refractivity contribution in [3.05, 3.63) is 28.8 Å². The molecule has 3 nitrogen and oxygen atoms in total. The van der Waals surface area contributed by atoms with E-state index in [0.29, 0.717) is 28.6 Å². The van der Waals surface area contributed by atoms with Crippen LogP contribution >= 0.6 is 11.6 Å². The van der Waals surface area contributed by atoms with Crippen molar-refractivity contribution in [1.29, 1.82) is 5.26 Å². The Hall–Kier alpha value is -1.24. The lowest BCUT2D eigenvalue weighted by Gasteiger charge is -2.55. The summed E-state index contributed by atoms with van der Waals surface area (Å²) in [6, 6.07) is 7.83. The molecule has 1 aliphatic heterocycles. The molecule has 1 aromatic carbocycles. The van der Waals surface area contributed by atoms with Crippen molar-refractivity contribution in [2.24, 2.45) is 11.3 Å². The summed E-state index contributed by atoms with van der Waals surface area (Å²) >= 11 is 6.21. The van der Waals surface area contributed by atoms with Crippen molar-refractivity contribution in [2.75, 3.05) is 11.9 Å². The molecule has 1 saturated carbocycles. The third-order valence-electron chi connectivity index (χ3n) is 4.51. The maximum Gasteiger partial charge on any atom is 0.0992 e. The number of benzene rings is 1. The van der Waals surface area contributed by atoms with E-state index in [4.69, 9.17) is 21.6 Å². The van der Waals surface area contributed by atoms with Gasteiger partial charge in [-0.05, 0) is 24.6 Å². The number of anilines is 1. The Bertz CT molecular complexity index is 550. The van der Waals surface area contributed by atoms with E-state index < -0.39 is 0 Å². The van der Waals surface area contributed by atoms with Gasteiger partial charge in [0.1, 0.15) is 0 Å². The Morgan fingerprint density at radius 2 is 2.26 bits per heavy atom. The zero-order valence-corrected chi connectivity index (χ0v) is 11.9. The fourth-order valence-corrected chi connectivity index (χ4v) is 3.66. The summed E-state index contributed by atoms with van der Waals surface area (Å²) in [7, 11) is 0. The molecule has 0 aromatic heterocycles. The molecule has 100 valence electrons. The van der Waals surface area contributed by atoms with Gasteiger partial charge >= 0.3 is 0 Å². The van der Waals surface area contributed by atoms with Crippen molar-refractivity contribution in [3.8, 4) is 6.07 Å². The van der Waals surface area contributed by atoms with Gasteiger partial charge in [-0.25, -0.2) is 0 Å². The highest BCUT2D eigenvalue weighted by atomic mass is 35.5. The van der Waals surface area contributed by atoms with Crippen molar-refractivity contribution < 1.29 is 4.74 Å². The van der Waals surface area contributed by atoms with Crippen LogP contribution in [0.15, 0.2) is 18.2 Å². The summed E-state index contributed by atoms with van der Waals surface area (Å²) in [6.45, 7) is 5.29. The first-order valence-electron chi connectivity index (χ1n) is 6.62. The van der Waals surface area contributed by atoms with Gasteiger partial charge in [-0.2, -0.15) is 5.26 Å². The minimum atomic E-state index is 0.104. The topological polar surface area (TPSA) is 45.0 Å². The number of fused-ring (bicyclic) bond motifs is 1. The summed E-state index contributed by atoms with van der Waals surface area (Å²) in [5.74, 6) is 0.553. The second-order valence-corrected chi connectivity index (χ2v) is 6.40. The van der Waals surface area contributed by atoms with Gasteiger partial charge in [0.15, 0.2) is 0 Å². The summed E-state index contributed by atoms with van der Waals surface area (Å²) < 4.78 is 5.78. The predicted octanol–water partition coefficient (Wildman–Crippen LogP) is 3.44. The number of rotatable bonds is 2. The molecular weight excluding hydrogens is 260 g/mol. The molecule has 0 bridgehead atoms. The van der Waals surface area contributed by atoms with Gasteiger partial charge in [0.05, 0.1) is 28.4 Å². The van der Waals surface area contributed by atoms with Gasteiger partial charge in [-0.3, -0.25) is 0 Å². The Labute approximate surface area is 118 Å². The van der Waals surface area contributed by atoms with E-state index in [-0.39, 0.29) is 5.41 Å². The zero-order chi connectivity index (χ0) is 13.6. The maximum absolute atomic E-state index is 8.97. The molecule has 2 aliphatic rings. The standard InChI is InChI=1S/C15H17ClN2O/c1-15(2)13(10-5-6-19-14(10)15)18-12-7-9(8-17)3-4-11(12)16/h3-4,7,10,13-14,18H,5-6H2,1-2H3. The van der Waals surface area contributed by atoms with Crippen LogP contribution in [0.4, 0.5) is 5.69 Å². The first-order valence-corrected chi connectivity index (χ1v) is 6.99. The number of nitrogens with one attached hydrogen (secondary N) is 1. The van der Waals surface area contributed by atoms with Gasteiger partial charge in [0, 0.05) is 24.0 Å². The highest BCUT2D eigenvalue weighted by molar-refractivity contribution is 6.33. The molecule has 1 heterocycles. The van der Waals surface area contributed by atoms with E-state index in [1.54, 1.807) is 12.1 Å². The van der Waals surface area contributed by atoms with Gasteiger partial charge < -0.3 is 10.1 Å². The normalized spacial score (nSPS) is 31.2. The Balaban J connectivity index is 1.84. The fourth-order valence-electron chi connectivity index (χ4n) is 3.49. The van der Waals surface area contributed by atoms with Crippen LogP contribution in [0.1, 0.15) is 25.8 Å². The van der Waals surface area contributed by atoms with E-state index in [0.717, 1.165) is 18.7 Å². The molecule has 19 heavy (non-hydrogen) atoms. The maximum atomic E-state index is 8.97. The fraction of sp³-hybridized carbons (Fsp3) is 0.533. The van der Waals surface area contributed by atoms with Crippen molar-refractivity contribution in [2.45, 2.75) is 32.4 Å². The van der Waals surface area contributed by atoms with Gasteiger partial charge in [-0.15, -0.1) is 0 Å². The van der Waals surface area contributed by atoms with Crippen LogP contribution in [0.5, 0.6) is 0 Å². The van der Waals surface area contributed by atoms with Crippen LogP contribution in [0.25, 0.3) is 0 Å². The molecular formula is C15H17ClN2O. The second kappa shape index (κ2) is 4.40. The SMILES string of the molecule is CC1(C)C(Nc2cc(C#N)ccc2Cl)C2CCOC21. The third-order valence-corrected chi connectivity index (χ3v) is 4.84. The third kappa shape index (κ3) is 1.91. The molecule has 1 saturated heterocycles. The summed E-state index contributed by atoms with van der Waals surface area (Å²) in [6.07, 6.45) is 1.45.